The molecule has 30 heavy (non-hydrogen) atoms. The molecule has 0 aliphatic rings. The van der Waals surface area contributed by atoms with E-state index >= 15 is 0 Å². The van der Waals surface area contributed by atoms with Gasteiger partial charge in [-0.2, -0.15) is 0 Å². The van der Waals surface area contributed by atoms with E-state index in [1.807, 2.05) is 20.8 Å². The fraction of sp³-hybridized carbons (Fsp3) is 0.391. The molecule has 0 fully saturated rings. The second-order valence-electron chi connectivity index (χ2n) is 7.28. The Hall–Kier alpha value is -2.11. The Morgan fingerprint density at radius 1 is 1.07 bits per heavy atom. The maximum Gasteiger partial charge on any atom is 0.243 e. The van der Waals surface area contributed by atoms with Crippen molar-refractivity contribution in [3.05, 3.63) is 69.5 Å². The smallest absolute Gasteiger partial charge is 0.243 e. The Bertz CT molecular complexity index is 891. The third-order valence-corrected chi connectivity index (χ3v) is 5.76. The van der Waals surface area contributed by atoms with Gasteiger partial charge in [0, 0.05) is 12.6 Å². The van der Waals surface area contributed by atoms with Crippen LogP contribution in [0.25, 0.3) is 0 Å². The predicted octanol–water partition coefficient (Wildman–Crippen LogP) is 5.40. The van der Waals surface area contributed by atoms with E-state index in [-0.39, 0.29) is 30.8 Å². The van der Waals surface area contributed by atoms with Gasteiger partial charge in [-0.3, -0.25) is 9.59 Å². The van der Waals surface area contributed by atoms with Gasteiger partial charge in [0.1, 0.15) is 11.9 Å². The normalized spacial score (nSPS) is 12.9. The number of nitrogens with one attached hydrogen (secondary N) is 1. The Morgan fingerprint density at radius 2 is 1.77 bits per heavy atom. The Kier molecular flexibility index (Phi) is 9.12. The van der Waals surface area contributed by atoms with Gasteiger partial charge in [-0.05, 0) is 49.1 Å². The van der Waals surface area contributed by atoms with Crippen LogP contribution in [0.3, 0.4) is 0 Å². The van der Waals surface area contributed by atoms with Gasteiger partial charge < -0.3 is 10.2 Å². The average Bonchev–Trinajstić information content (AvgIpc) is 2.72. The number of hydrogen-bond acceptors (Lipinski definition) is 2. The van der Waals surface area contributed by atoms with Crippen LogP contribution in [0.4, 0.5) is 4.39 Å². The summed E-state index contributed by atoms with van der Waals surface area (Å²) in [6.45, 7) is 5.90. The van der Waals surface area contributed by atoms with Crippen LogP contribution in [0.2, 0.25) is 10.0 Å². The molecule has 2 atom stereocenters. The molecule has 2 aromatic rings. The number of nitrogens with zero attached hydrogens (tertiary/aromatic N) is 1. The highest BCUT2D eigenvalue weighted by molar-refractivity contribution is 6.42. The lowest BCUT2D eigenvalue weighted by Gasteiger charge is -2.31. The summed E-state index contributed by atoms with van der Waals surface area (Å²) < 4.78 is 14.1. The predicted molar refractivity (Wildman–Crippen MR) is 119 cm³/mol. The van der Waals surface area contributed by atoms with Gasteiger partial charge in [-0.25, -0.2) is 4.39 Å². The van der Waals surface area contributed by atoms with E-state index in [1.54, 1.807) is 36.4 Å². The van der Waals surface area contributed by atoms with Crippen LogP contribution in [0.5, 0.6) is 0 Å². The second kappa shape index (κ2) is 11.3. The van der Waals surface area contributed by atoms with Crippen molar-refractivity contribution in [2.75, 3.05) is 0 Å². The Labute approximate surface area is 187 Å². The molecule has 0 spiro atoms. The summed E-state index contributed by atoms with van der Waals surface area (Å²) in [5.74, 6) is -1.01. The number of rotatable bonds is 9. The topological polar surface area (TPSA) is 49.4 Å². The van der Waals surface area contributed by atoms with Crippen molar-refractivity contribution < 1.29 is 14.0 Å². The largest absolute Gasteiger partial charge is 0.352 e. The van der Waals surface area contributed by atoms with Crippen LogP contribution in [0.1, 0.15) is 44.7 Å². The minimum absolute atomic E-state index is 0.0138. The first kappa shape index (κ1) is 24.2. The monoisotopic (exact) mass is 452 g/mol. The van der Waals surface area contributed by atoms with Crippen LogP contribution < -0.4 is 5.32 Å². The molecule has 4 nitrogen and oxygen atoms in total. The van der Waals surface area contributed by atoms with Crippen molar-refractivity contribution >= 4 is 35.0 Å². The van der Waals surface area contributed by atoms with Gasteiger partial charge in [-0.15, -0.1) is 0 Å². The van der Waals surface area contributed by atoms with Crippen molar-refractivity contribution in [3.63, 3.8) is 0 Å². The lowest BCUT2D eigenvalue weighted by Crippen LogP contribution is -2.51. The number of hydrogen-bond donors (Lipinski definition) is 1. The fourth-order valence-electron chi connectivity index (χ4n) is 3.10. The fourth-order valence-corrected chi connectivity index (χ4v) is 3.42. The molecule has 2 amide bonds. The van der Waals surface area contributed by atoms with Crippen molar-refractivity contribution in [1.29, 1.82) is 0 Å². The molecular weight excluding hydrogens is 426 g/mol. The van der Waals surface area contributed by atoms with E-state index in [0.717, 1.165) is 12.0 Å². The molecule has 0 aromatic heterocycles. The summed E-state index contributed by atoms with van der Waals surface area (Å²) >= 11 is 12.1. The third kappa shape index (κ3) is 6.44. The van der Waals surface area contributed by atoms with Gasteiger partial charge in [0.25, 0.3) is 0 Å². The highest BCUT2D eigenvalue weighted by Crippen LogP contribution is 2.24. The van der Waals surface area contributed by atoms with E-state index in [0.29, 0.717) is 22.0 Å². The molecule has 0 radical (unpaired) electrons. The summed E-state index contributed by atoms with van der Waals surface area (Å²) in [7, 11) is 0. The minimum atomic E-state index is -0.687. The first-order valence-corrected chi connectivity index (χ1v) is 10.8. The van der Waals surface area contributed by atoms with Crippen LogP contribution in [0, 0.1) is 5.82 Å². The van der Waals surface area contributed by atoms with Gasteiger partial charge in [-0.1, -0.05) is 61.3 Å². The lowest BCUT2D eigenvalue weighted by atomic mass is 10.1. The molecule has 7 heteroatoms. The van der Waals surface area contributed by atoms with Crippen LogP contribution in [-0.2, 0) is 22.6 Å². The van der Waals surface area contributed by atoms with E-state index in [9.17, 15) is 14.0 Å². The molecule has 2 aromatic carbocycles. The summed E-state index contributed by atoms with van der Waals surface area (Å²) in [5.41, 5.74) is 1.03. The van der Waals surface area contributed by atoms with E-state index in [2.05, 4.69) is 5.32 Å². The maximum absolute atomic E-state index is 14.1. The number of carbonyl (C=O) groups is 2. The molecule has 0 aliphatic heterocycles. The van der Waals surface area contributed by atoms with E-state index in [4.69, 9.17) is 23.2 Å². The van der Waals surface area contributed by atoms with Crippen molar-refractivity contribution in [2.24, 2.45) is 0 Å². The van der Waals surface area contributed by atoms with Crippen LogP contribution in [-0.4, -0.2) is 28.8 Å². The number of halogens is 3. The molecular formula is C23H27Cl2FN2O2. The zero-order valence-electron chi connectivity index (χ0n) is 17.4. The number of amides is 2. The molecule has 2 unspecified atom stereocenters. The third-order valence-electron chi connectivity index (χ3n) is 5.02. The first-order chi connectivity index (χ1) is 14.3. The molecule has 1 N–H and O–H groups in total. The number of carbonyl (C=O) groups excluding carboxylic acids is 2. The summed E-state index contributed by atoms with van der Waals surface area (Å²) in [5, 5.41) is 3.72. The molecule has 162 valence electrons. The summed E-state index contributed by atoms with van der Waals surface area (Å²) in [6, 6.07) is 10.5. The minimum Gasteiger partial charge on any atom is -0.352 e. The number of benzene rings is 2. The van der Waals surface area contributed by atoms with Gasteiger partial charge in [0.2, 0.25) is 11.8 Å². The lowest BCUT2D eigenvalue weighted by molar-refractivity contribution is -0.141. The molecule has 0 heterocycles. The van der Waals surface area contributed by atoms with Gasteiger partial charge in [0.15, 0.2) is 0 Å². The van der Waals surface area contributed by atoms with Gasteiger partial charge in [0.05, 0.1) is 16.5 Å². The molecule has 0 saturated heterocycles. The summed E-state index contributed by atoms with van der Waals surface area (Å²) in [4.78, 5) is 27.6. The Balaban J connectivity index is 2.34. The average molecular weight is 453 g/mol. The highest BCUT2D eigenvalue weighted by Gasteiger charge is 2.29. The van der Waals surface area contributed by atoms with Crippen molar-refractivity contribution in [1.82, 2.24) is 10.2 Å². The van der Waals surface area contributed by atoms with Crippen molar-refractivity contribution in [3.8, 4) is 0 Å². The van der Waals surface area contributed by atoms with Crippen LogP contribution >= 0.6 is 23.2 Å². The SMILES string of the molecule is CCC(C)NC(=O)C(CC)N(Cc1ccc(Cl)c(Cl)c1)C(=O)Cc1ccccc1F. The molecule has 0 bridgehead atoms. The zero-order chi connectivity index (χ0) is 22.3. The highest BCUT2D eigenvalue weighted by atomic mass is 35.5. The molecule has 0 aliphatic carbocycles. The Morgan fingerprint density at radius 3 is 2.37 bits per heavy atom. The van der Waals surface area contributed by atoms with Gasteiger partial charge >= 0.3 is 0 Å². The van der Waals surface area contributed by atoms with E-state index in [1.165, 1.54) is 11.0 Å². The standard InChI is InChI=1S/C23H27Cl2FN2O2/c1-4-15(3)27-23(30)21(5-2)28(14-16-10-11-18(24)19(25)12-16)22(29)13-17-8-6-7-9-20(17)26/h6-12,15,21H,4-5,13-14H2,1-3H3,(H,27,30). The quantitative estimate of drug-likeness (QED) is 0.553. The van der Waals surface area contributed by atoms with Crippen molar-refractivity contribution in [2.45, 2.75) is 58.7 Å². The second-order valence-corrected chi connectivity index (χ2v) is 8.09. The van der Waals surface area contributed by atoms with Crippen LogP contribution in [0.15, 0.2) is 42.5 Å². The van der Waals surface area contributed by atoms with E-state index < -0.39 is 11.9 Å². The molecule has 0 saturated carbocycles. The zero-order valence-corrected chi connectivity index (χ0v) is 18.9. The molecule has 2 rings (SSSR count). The maximum atomic E-state index is 14.1. The first-order valence-electron chi connectivity index (χ1n) is 10.0. The summed E-state index contributed by atoms with van der Waals surface area (Å²) in [6.07, 6.45) is 1.06.